The van der Waals surface area contributed by atoms with E-state index in [0.29, 0.717) is 33.5 Å². The Hall–Kier alpha value is -4.44. The van der Waals surface area contributed by atoms with Gasteiger partial charge in [0, 0.05) is 42.2 Å². The van der Waals surface area contributed by atoms with Crippen LogP contribution in [-0.2, 0) is 21.9 Å². The maximum Gasteiger partial charge on any atom is 0.266 e. The molecule has 0 unspecified atom stereocenters. The third-order valence-corrected chi connectivity index (χ3v) is 8.06. The first-order valence-electron chi connectivity index (χ1n) is 12.4. The van der Waals surface area contributed by atoms with Gasteiger partial charge in [0.25, 0.3) is 10.0 Å². The highest BCUT2D eigenvalue weighted by atomic mass is 32.2. The van der Waals surface area contributed by atoms with Gasteiger partial charge in [-0.05, 0) is 62.7 Å². The van der Waals surface area contributed by atoms with Crippen LogP contribution in [0.15, 0.2) is 74.9 Å². The monoisotopic (exact) mass is 544 g/mol. The fourth-order valence-electron chi connectivity index (χ4n) is 4.83. The van der Waals surface area contributed by atoms with Gasteiger partial charge in [-0.1, -0.05) is 18.2 Å². The number of fused-ring (bicyclic) bond motifs is 2. The van der Waals surface area contributed by atoms with E-state index in [1.165, 1.54) is 6.07 Å². The lowest BCUT2D eigenvalue weighted by molar-refractivity contribution is -0.117. The molecule has 1 atom stereocenters. The molecule has 0 saturated heterocycles. The quantitative estimate of drug-likeness (QED) is 0.310. The number of para-hydroxylation sites is 1. The van der Waals surface area contributed by atoms with Crippen LogP contribution in [-0.4, -0.2) is 24.1 Å². The average Bonchev–Trinajstić information content (AvgIpc) is 3.24. The molecule has 1 amide bonds. The van der Waals surface area contributed by atoms with Crippen molar-refractivity contribution in [3.05, 3.63) is 87.7 Å². The highest BCUT2D eigenvalue weighted by molar-refractivity contribution is 7.90. The number of sulfonamides is 1. The van der Waals surface area contributed by atoms with Gasteiger partial charge < -0.3 is 9.73 Å². The molecule has 9 nitrogen and oxygen atoms in total. The summed E-state index contributed by atoms with van der Waals surface area (Å²) in [4.78, 5) is 25.0. The van der Waals surface area contributed by atoms with Gasteiger partial charge in [0.2, 0.25) is 5.91 Å². The van der Waals surface area contributed by atoms with E-state index in [9.17, 15) is 18.0 Å². The second kappa shape index (κ2) is 9.70. The van der Waals surface area contributed by atoms with Crippen molar-refractivity contribution in [2.75, 3.05) is 5.32 Å². The van der Waals surface area contributed by atoms with E-state index in [2.05, 4.69) is 10.4 Å². The van der Waals surface area contributed by atoms with Crippen LogP contribution in [0.1, 0.15) is 36.6 Å². The number of benzene rings is 3. The van der Waals surface area contributed by atoms with E-state index in [1.807, 2.05) is 56.1 Å². The van der Waals surface area contributed by atoms with Crippen molar-refractivity contribution >= 4 is 43.5 Å². The van der Waals surface area contributed by atoms with Gasteiger partial charge in [-0.15, -0.1) is 0 Å². The third-order valence-electron chi connectivity index (χ3n) is 6.57. The molecule has 5 rings (SSSR count). The Labute approximate surface area is 225 Å². The largest absolute Gasteiger partial charge is 0.455 e. The smallest absolute Gasteiger partial charge is 0.266 e. The lowest BCUT2D eigenvalue weighted by atomic mass is 9.98. The summed E-state index contributed by atoms with van der Waals surface area (Å²) < 4.78 is 35.8. The molecule has 0 fully saturated rings. The molecule has 5 aromatic rings. The number of hydrogen-bond acceptors (Lipinski definition) is 7. The van der Waals surface area contributed by atoms with Crippen molar-refractivity contribution in [2.24, 2.45) is 7.05 Å². The maximum atomic E-state index is 13.5. The topological polar surface area (TPSA) is 123 Å². The molecule has 3 aromatic carbocycles. The van der Waals surface area contributed by atoms with Crippen LogP contribution in [0.25, 0.3) is 33.2 Å². The zero-order valence-electron chi connectivity index (χ0n) is 22.2. The number of anilines is 1. The number of amides is 1. The van der Waals surface area contributed by atoms with Crippen LogP contribution >= 0.6 is 0 Å². The van der Waals surface area contributed by atoms with Crippen molar-refractivity contribution in [3.63, 3.8) is 0 Å². The lowest BCUT2D eigenvalue weighted by Gasteiger charge is -2.20. The lowest BCUT2D eigenvalue weighted by Crippen LogP contribution is -2.29. The Morgan fingerprint density at radius 1 is 1.08 bits per heavy atom. The summed E-state index contributed by atoms with van der Waals surface area (Å²) in [6.07, 6.45) is 1.90. The number of aromatic nitrogens is 2. The minimum Gasteiger partial charge on any atom is -0.455 e. The predicted molar refractivity (Wildman–Crippen MR) is 151 cm³/mol. The molecule has 2 aromatic heterocycles. The maximum absolute atomic E-state index is 13.5. The summed E-state index contributed by atoms with van der Waals surface area (Å²) >= 11 is 0. The molecule has 2 heterocycles. The number of hydrogen-bond donors (Lipinski definition) is 2. The van der Waals surface area contributed by atoms with Gasteiger partial charge in [-0.25, -0.2) is 13.1 Å². The number of rotatable bonds is 6. The van der Waals surface area contributed by atoms with E-state index in [4.69, 9.17) is 4.42 Å². The van der Waals surface area contributed by atoms with E-state index in [0.717, 1.165) is 29.0 Å². The Morgan fingerprint density at radius 2 is 1.82 bits per heavy atom. The summed E-state index contributed by atoms with van der Waals surface area (Å²) in [5.74, 6) is -0.221. The second-order valence-corrected chi connectivity index (χ2v) is 11.4. The van der Waals surface area contributed by atoms with Crippen molar-refractivity contribution in [2.45, 2.75) is 38.6 Å². The summed E-state index contributed by atoms with van der Waals surface area (Å²) in [7, 11) is -2.23. The van der Waals surface area contributed by atoms with E-state index in [1.54, 1.807) is 35.9 Å². The number of carbonyl (C=O) groups is 1. The summed E-state index contributed by atoms with van der Waals surface area (Å²) in [5, 5.41) is 9.03. The van der Waals surface area contributed by atoms with Crippen molar-refractivity contribution in [1.82, 2.24) is 14.5 Å². The van der Waals surface area contributed by atoms with Crippen LogP contribution in [0, 0.1) is 13.8 Å². The molecule has 0 aliphatic heterocycles. The van der Waals surface area contributed by atoms with Gasteiger partial charge in [0.15, 0.2) is 5.43 Å². The molecular formula is C29H28N4O5S. The SMILES string of the molecule is CC(=O)NS(=O)(=O)c1ccccc1N[C@H](C)c1cc(C)cc2c(=O)c(C)c(-c3ccc4nn(C)cc4c3)oc12. The normalized spacial score (nSPS) is 12.5. The van der Waals surface area contributed by atoms with Crippen LogP contribution < -0.4 is 15.5 Å². The van der Waals surface area contributed by atoms with Crippen LogP contribution in [0.2, 0.25) is 0 Å². The fraction of sp³-hybridized carbons (Fsp3) is 0.207. The van der Waals surface area contributed by atoms with E-state index < -0.39 is 22.0 Å². The number of nitrogens with zero attached hydrogens (tertiary/aromatic N) is 2. The zero-order valence-corrected chi connectivity index (χ0v) is 23.0. The van der Waals surface area contributed by atoms with Crippen LogP contribution in [0.4, 0.5) is 5.69 Å². The molecule has 10 heteroatoms. The minimum atomic E-state index is -4.08. The Morgan fingerprint density at radius 3 is 2.56 bits per heavy atom. The molecule has 2 N–H and O–H groups in total. The number of nitrogens with one attached hydrogen (secondary N) is 2. The predicted octanol–water partition coefficient (Wildman–Crippen LogP) is 4.96. The minimum absolute atomic E-state index is 0.0632. The second-order valence-electron chi connectivity index (χ2n) is 9.72. The van der Waals surface area contributed by atoms with Gasteiger partial charge in [-0.2, -0.15) is 5.10 Å². The molecular weight excluding hydrogens is 516 g/mol. The zero-order chi connectivity index (χ0) is 28.1. The summed E-state index contributed by atoms with van der Waals surface area (Å²) in [6, 6.07) is 15.3. The third kappa shape index (κ3) is 4.90. The van der Waals surface area contributed by atoms with E-state index in [-0.39, 0.29) is 10.3 Å². The molecule has 0 spiro atoms. The molecule has 39 heavy (non-hydrogen) atoms. The van der Waals surface area contributed by atoms with Gasteiger partial charge in [-0.3, -0.25) is 14.3 Å². The standard InChI is InChI=1S/C29H28N4O5S/c1-16-12-22(18(3)30-25-8-6-7-9-26(25)39(36,37)32-19(4)34)29-23(13-16)27(35)17(2)28(38-29)20-10-11-24-21(14-20)15-33(5)31-24/h6-15,18,30H,1-5H3,(H,32,34)/t18-/m1/s1. The average molecular weight is 545 g/mol. The molecule has 0 bridgehead atoms. The summed E-state index contributed by atoms with van der Waals surface area (Å²) in [5.41, 5.74) is 4.23. The van der Waals surface area contributed by atoms with E-state index >= 15 is 0 Å². The Kier molecular flexibility index (Phi) is 6.51. The highest BCUT2D eigenvalue weighted by Gasteiger charge is 2.23. The summed E-state index contributed by atoms with van der Waals surface area (Å²) in [6.45, 7) is 6.64. The molecule has 0 saturated carbocycles. The Balaban J connectivity index is 1.64. The van der Waals surface area contributed by atoms with Gasteiger partial charge in [0.05, 0.1) is 22.6 Å². The van der Waals surface area contributed by atoms with Crippen molar-refractivity contribution in [1.29, 1.82) is 0 Å². The van der Waals surface area contributed by atoms with Crippen molar-refractivity contribution < 1.29 is 17.6 Å². The highest BCUT2D eigenvalue weighted by Crippen LogP contribution is 2.34. The first-order valence-corrected chi connectivity index (χ1v) is 13.8. The first-order chi connectivity index (χ1) is 18.4. The molecule has 0 aliphatic carbocycles. The molecule has 0 radical (unpaired) electrons. The molecule has 200 valence electrons. The van der Waals surface area contributed by atoms with Gasteiger partial charge >= 0.3 is 0 Å². The van der Waals surface area contributed by atoms with Crippen LogP contribution in [0.5, 0.6) is 0 Å². The fourth-order valence-corrected chi connectivity index (χ4v) is 5.99. The van der Waals surface area contributed by atoms with Crippen molar-refractivity contribution in [3.8, 4) is 11.3 Å². The molecule has 0 aliphatic rings. The number of carbonyl (C=O) groups excluding carboxylic acids is 1. The van der Waals surface area contributed by atoms with Gasteiger partial charge in [0.1, 0.15) is 16.2 Å². The van der Waals surface area contributed by atoms with Crippen LogP contribution in [0.3, 0.4) is 0 Å². The first kappa shape index (κ1) is 26.2. The number of aryl methyl sites for hydroxylation is 2. The Bertz CT molecular complexity index is 1940.